The lowest BCUT2D eigenvalue weighted by atomic mass is 10.4. The third-order valence-electron chi connectivity index (χ3n) is 1.51. The molecule has 0 aromatic heterocycles. The molecule has 1 rings (SSSR count). The number of nitrogens with zero attached hydrogens (tertiary/aromatic N) is 1. The number of carbonyl (C=O) groups is 2. The molecule has 1 heterocycles. The van der Waals surface area contributed by atoms with Gasteiger partial charge in [0.25, 0.3) is 0 Å². The highest BCUT2D eigenvalue weighted by molar-refractivity contribution is 6.27. The van der Waals surface area contributed by atoms with Gasteiger partial charge in [-0.15, -0.1) is 0 Å². The molecule has 0 amide bonds. The van der Waals surface area contributed by atoms with Crippen LogP contribution in [0.2, 0.25) is 0 Å². The summed E-state index contributed by atoms with van der Waals surface area (Å²) in [5.41, 5.74) is 0. The topological polar surface area (TPSA) is 77.8 Å². The summed E-state index contributed by atoms with van der Waals surface area (Å²) in [6.45, 7) is 2.64. The van der Waals surface area contributed by atoms with E-state index in [0.29, 0.717) is 0 Å². The van der Waals surface area contributed by atoms with Crippen molar-refractivity contribution >= 4 is 11.9 Å². The zero-order chi connectivity index (χ0) is 9.56. The Kier molecular flexibility index (Phi) is 5.03. The zero-order valence-corrected chi connectivity index (χ0v) is 6.99. The van der Waals surface area contributed by atoms with Crippen molar-refractivity contribution < 1.29 is 19.8 Å². The molecule has 1 aliphatic heterocycles. The van der Waals surface area contributed by atoms with Crippen LogP contribution in [-0.2, 0) is 9.59 Å². The Bertz CT molecular complexity index is 151. The van der Waals surface area contributed by atoms with E-state index >= 15 is 0 Å². The Labute approximate surface area is 70.6 Å². The number of rotatable bonds is 0. The third kappa shape index (κ3) is 5.67. The minimum Gasteiger partial charge on any atom is -0.473 e. The predicted octanol–water partition coefficient (Wildman–Crippen LogP) is -0.132. The Hall–Kier alpha value is -1.10. The lowest BCUT2D eigenvalue weighted by Crippen LogP contribution is -2.10. The van der Waals surface area contributed by atoms with E-state index in [0.717, 1.165) is 0 Å². The number of carboxylic acid groups (broad SMARTS) is 2. The lowest BCUT2D eigenvalue weighted by Gasteiger charge is -2.01. The zero-order valence-electron chi connectivity index (χ0n) is 6.99. The van der Waals surface area contributed by atoms with Gasteiger partial charge in [0.1, 0.15) is 0 Å². The minimum atomic E-state index is -1.82. The van der Waals surface area contributed by atoms with Gasteiger partial charge in [-0.25, -0.2) is 9.59 Å². The molecule has 1 saturated heterocycles. The standard InChI is InChI=1S/C5H11N.C2H2O4/c1-6-4-2-3-5-6;3-1(4)2(5)6/h2-5H2,1H3;(H,3,4)(H,5,6). The van der Waals surface area contributed by atoms with Crippen molar-refractivity contribution in [2.24, 2.45) is 0 Å². The molecule has 0 radical (unpaired) electrons. The first-order chi connectivity index (χ1) is 5.54. The fraction of sp³-hybridized carbons (Fsp3) is 0.714. The summed E-state index contributed by atoms with van der Waals surface area (Å²) in [7, 11) is 2.17. The maximum Gasteiger partial charge on any atom is 0.414 e. The molecule has 0 aromatic carbocycles. The van der Waals surface area contributed by atoms with Crippen LogP contribution in [0.5, 0.6) is 0 Å². The van der Waals surface area contributed by atoms with E-state index in [2.05, 4.69) is 11.9 Å². The van der Waals surface area contributed by atoms with E-state index in [1.54, 1.807) is 0 Å². The molecule has 5 nitrogen and oxygen atoms in total. The summed E-state index contributed by atoms with van der Waals surface area (Å²) in [5, 5.41) is 14.8. The van der Waals surface area contributed by atoms with Crippen LogP contribution in [0.3, 0.4) is 0 Å². The molecule has 70 valence electrons. The minimum absolute atomic E-state index is 1.32. The quantitative estimate of drug-likeness (QED) is 0.501. The fourth-order valence-electron chi connectivity index (χ4n) is 0.875. The third-order valence-corrected chi connectivity index (χ3v) is 1.51. The van der Waals surface area contributed by atoms with Crippen LogP contribution in [0.25, 0.3) is 0 Å². The van der Waals surface area contributed by atoms with Gasteiger partial charge in [-0.3, -0.25) is 0 Å². The number of hydrogen-bond acceptors (Lipinski definition) is 3. The van der Waals surface area contributed by atoms with Crippen molar-refractivity contribution in [2.45, 2.75) is 12.8 Å². The van der Waals surface area contributed by atoms with Crippen LogP contribution < -0.4 is 0 Å². The number of aliphatic carboxylic acids is 2. The molecule has 0 bridgehead atoms. The van der Waals surface area contributed by atoms with E-state index in [-0.39, 0.29) is 0 Å². The average Bonchev–Trinajstić information content (AvgIpc) is 2.40. The van der Waals surface area contributed by atoms with E-state index in [9.17, 15) is 0 Å². The highest BCUT2D eigenvalue weighted by Gasteiger charge is 2.04. The molecule has 1 aliphatic rings. The van der Waals surface area contributed by atoms with Gasteiger partial charge in [0.15, 0.2) is 0 Å². The highest BCUT2D eigenvalue weighted by atomic mass is 16.4. The highest BCUT2D eigenvalue weighted by Crippen LogP contribution is 2.01. The van der Waals surface area contributed by atoms with Crippen molar-refractivity contribution in [3.8, 4) is 0 Å². The molecule has 0 aromatic rings. The van der Waals surface area contributed by atoms with Gasteiger partial charge in [-0.1, -0.05) is 0 Å². The average molecular weight is 175 g/mol. The molecule has 2 N–H and O–H groups in total. The molecular formula is C7H13NO4. The maximum absolute atomic E-state index is 9.10. The molecule has 5 heteroatoms. The van der Waals surface area contributed by atoms with Gasteiger partial charge in [0.05, 0.1) is 0 Å². The molecule has 0 spiro atoms. The van der Waals surface area contributed by atoms with Gasteiger partial charge in [-0.2, -0.15) is 0 Å². The summed E-state index contributed by atoms with van der Waals surface area (Å²) in [6.07, 6.45) is 2.83. The SMILES string of the molecule is CN1CCCC1.O=C(O)C(=O)O. The summed E-state index contributed by atoms with van der Waals surface area (Å²) in [6, 6.07) is 0. The van der Waals surface area contributed by atoms with Gasteiger partial charge in [0.2, 0.25) is 0 Å². The fourth-order valence-corrected chi connectivity index (χ4v) is 0.875. The summed E-state index contributed by atoms with van der Waals surface area (Å²) in [5.74, 6) is -3.65. The molecule has 1 fully saturated rings. The summed E-state index contributed by atoms with van der Waals surface area (Å²) >= 11 is 0. The number of hydrogen-bond donors (Lipinski definition) is 2. The van der Waals surface area contributed by atoms with Crippen LogP contribution >= 0.6 is 0 Å². The first kappa shape index (κ1) is 10.9. The van der Waals surface area contributed by atoms with Crippen LogP contribution in [0.15, 0.2) is 0 Å². The maximum atomic E-state index is 9.10. The van der Waals surface area contributed by atoms with Crippen LogP contribution in [0.4, 0.5) is 0 Å². The predicted molar refractivity (Wildman–Crippen MR) is 42.0 cm³/mol. The second-order valence-electron chi connectivity index (χ2n) is 2.62. The van der Waals surface area contributed by atoms with E-state index < -0.39 is 11.9 Å². The lowest BCUT2D eigenvalue weighted by molar-refractivity contribution is -0.159. The van der Waals surface area contributed by atoms with E-state index in [4.69, 9.17) is 19.8 Å². The first-order valence-electron chi connectivity index (χ1n) is 3.69. The van der Waals surface area contributed by atoms with Crippen molar-refractivity contribution in [1.29, 1.82) is 0 Å². The number of carboxylic acids is 2. The first-order valence-corrected chi connectivity index (χ1v) is 3.69. The molecular weight excluding hydrogens is 162 g/mol. The van der Waals surface area contributed by atoms with Gasteiger partial charge >= 0.3 is 11.9 Å². The molecule has 0 atom stereocenters. The van der Waals surface area contributed by atoms with Gasteiger partial charge in [-0.05, 0) is 33.0 Å². The van der Waals surface area contributed by atoms with Crippen LogP contribution in [-0.4, -0.2) is 47.2 Å². The Balaban J connectivity index is 0.000000202. The monoisotopic (exact) mass is 175 g/mol. The molecule has 0 aliphatic carbocycles. The normalized spacial score (nSPS) is 16.4. The smallest absolute Gasteiger partial charge is 0.414 e. The summed E-state index contributed by atoms with van der Waals surface area (Å²) in [4.78, 5) is 20.6. The Morgan fingerprint density at radius 3 is 1.50 bits per heavy atom. The van der Waals surface area contributed by atoms with Crippen molar-refractivity contribution in [3.05, 3.63) is 0 Å². The summed E-state index contributed by atoms with van der Waals surface area (Å²) < 4.78 is 0. The Morgan fingerprint density at radius 1 is 1.08 bits per heavy atom. The van der Waals surface area contributed by atoms with Gasteiger partial charge < -0.3 is 15.1 Å². The number of likely N-dealkylation sites (tertiary alicyclic amines) is 1. The largest absolute Gasteiger partial charge is 0.473 e. The molecule has 0 saturated carbocycles. The van der Waals surface area contributed by atoms with Crippen molar-refractivity contribution in [2.75, 3.05) is 20.1 Å². The molecule has 12 heavy (non-hydrogen) atoms. The molecule has 0 unspecified atom stereocenters. The van der Waals surface area contributed by atoms with E-state index in [1.807, 2.05) is 0 Å². The van der Waals surface area contributed by atoms with Crippen LogP contribution in [0.1, 0.15) is 12.8 Å². The van der Waals surface area contributed by atoms with Gasteiger partial charge in [0, 0.05) is 0 Å². The second-order valence-corrected chi connectivity index (χ2v) is 2.62. The Morgan fingerprint density at radius 2 is 1.42 bits per heavy atom. The van der Waals surface area contributed by atoms with Crippen molar-refractivity contribution in [1.82, 2.24) is 4.90 Å². The van der Waals surface area contributed by atoms with Crippen molar-refractivity contribution in [3.63, 3.8) is 0 Å². The van der Waals surface area contributed by atoms with Crippen LogP contribution in [0, 0.1) is 0 Å². The van der Waals surface area contributed by atoms with E-state index in [1.165, 1.54) is 25.9 Å². The second kappa shape index (κ2) is 5.54.